The maximum Gasteiger partial charge on any atom is 0.263 e. The molecule has 94 valence electrons. The number of sulfonamides is 1. The van der Waals surface area contributed by atoms with Crippen LogP contribution in [0.5, 0.6) is 0 Å². The molecule has 3 N–H and O–H groups in total. The number of hydrogen-bond acceptors (Lipinski definition) is 5. The van der Waals surface area contributed by atoms with Gasteiger partial charge in [-0.2, -0.15) is 0 Å². The maximum atomic E-state index is 12.0. The summed E-state index contributed by atoms with van der Waals surface area (Å²) in [5.41, 5.74) is 6.45. The number of anilines is 2. The Morgan fingerprint density at radius 2 is 2.00 bits per heavy atom. The van der Waals surface area contributed by atoms with Gasteiger partial charge in [-0.3, -0.25) is 9.71 Å². The van der Waals surface area contributed by atoms with Crippen molar-refractivity contribution < 1.29 is 8.42 Å². The monoisotopic (exact) mass is 264 g/mol. The molecule has 0 aliphatic carbocycles. The van der Waals surface area contributed by atoms with E-state index in [1.54, 1.807) is 25.3 Å². The number of nitrogens with zero attached hydrogens (tertiary/aromatic N) is 2. The molecule has 18 heavy (non-hydrogen) atoms. The molecule has 0 saturated heterocycles. The predicted molar refractivity (Wildman–Crippen MR) is 68.4 cm³/mol. The summed E-state index contributed by atoms with van der Waals surface area (Å²) in [6, 6.07) is 6.14. The highest BCUT2D eigenvalue weighted by Gasteiger charge is 2.15. The van der Waals surface area contributed by atoms with Crippen LogP contribution in [-0.4, -0.2) is 18.4 Å². The molecule has 0 spiro atoms. The number of hydrogen-bond donors (Lipinski definition) is 2. The highest BCUT2D eigenvalue weighted by molar-refractivity contribution is 7.92. The Kier molecular flexibility index (Phi) is 3.15. The molecular weight excluding hydrogens is 252 g/mol. The number of rotatable bonds is 3. The Hall–Kier alpha value is -2.15. The van der Waals surface area contributed by atoms with E-state index in [9.17, 15) is 8.42 Å². The molecule has 7 heteroatoms. The molecule has 2 heterocycles. The first-order valence-corrected chi connectivity index (χ1v) is 6.63. The summed E-state index contributed by atoms with van der Waals surface area (Å²) in [6.07, 6.45) is 2.81. The van der Waals surface area contributed by atoms with Crippen molar-refractivity contribution in [3.05, 3.63) is 42.4 Å². The summed E-state index contributed by atoms with van der Waals surface area (Å²) in [7, 11) is -3.66. The minimum Gasteiger partial charge on any atom is -0.384 e. The molecule has 0 aromatic carbocycles. The fourth-order valence-corrected chi connectivity index (χ4v) is 2.41. The summed E-state index contributed by atoms with van der Waals surface area (Å²) in [4.78, 5) is 7.82. The molecule has 0 saturated carbocycles. The van der Waals surface area contributed by atoms with Gasteiger partial charge in [0.25, 0.3) is 10.0 Å². The number of nitrogens with two attached hydrogens (primary N) is 1. The highest BCUT2D eigenvalue weighted by atomic mass is 32.2. The molecule has 0 aliphatic rings. The fraction of sp³-hybridized carbons (Fsp3) is 0.0909. The Morgan fingerprint density at radius 3 is 2.61 bits per heavy atom. The van der Waals surface area contributed by atoms with Gasteiger partial charge in [0.1, 0.15) is 10.7 Å². The molecule has 0 amide bonds. The van der Waals surface area contributed by atoms with Crippen molar-refractivity contribution in [1.82, 2.24) is 9.97 Å². The summed E-state index contributed by atoms with van der Waals surface area (Å²) >= 11 is 0. The molecule has 6 nitrogen and oxygen atoms in total. The van der Waals surface area contributed by atoms with Crippen LogP contribution in [0.25, 0.3) is 0 Å². The van der Waals surface area contributed by atoms with Crippen molar-refractivity contribution in [2.45, 2.75) is 11.8 Å². The summed E-state index contributed by atoms with van der Waals surface area (Å²) in [5, 5.41) is 0. The standard InChI is InChI=1S/C11H12N4O2S/c1-8-10(3-2-6-13-8)15-18(16,17)9-4-5-11(12)14-7-9/h2-7,15H,1H3,(H2,12,14). The predicted octanol–water partition coefficient (Wildman–Crippen LogP) is 1.17. The van der Waals surface area contributed by atoms with E-state index >= 15 is 0 Å². The molecule has 2 aromatic heterocycles. The molecule has 2 rings (SSSR count). The van der Waals surface area contributed by atoms with E-state index in [0.29, 0.717) is 11.4 Å². The highest BCUT2D eigenvalue weighted by Crippen LogP contribution is 2.17. The quantitative estimate of drug-likeness (QED) is 0.867. The van der Waals surface area contributed by atoms with Gasteiger partial charge in [0.2, 0.25) is 0 Å². The Labute approximate surface area is 105 Å². The van der Waals surface area contributed by atoms with E-state index in [4.69, 9.17) is 5.73 Å². The third-order valence-corrected chi connectivity index (χ3v) is 3.67. The van der Waals surface area contributed by atoms with Gasteiger partial charge in [0.05, 0.1) is 11.4 Å². The second-order valence-electron chi connectivity index (χ2n) is 3.66. The lowest BCUT2D eigenvalue weighted by atomic mass is 10.3. The van der Waals surface area contributed by atoms with Gasteiger partial charge >= 0.3 is 0 Å². The third-order valence-electron chi connectivity index (χ3n) is 2.32. The Balaban J connectivity index is 2.33. The molecule has 0 fully saturated rings. The average Bonchev–Trinajstić information content (AvgIpc) is 2.32. The van der Waals surface area contributed by atoms with E-state index in [-0.39, 0.29) is 10.7 Å². The van der Waals surface area contributed by atoms with Gasteiger partial charge in [0, 0.05) is 12.4 Å². The minimum absolute atomic E-state index is 0.0555. The van der Waals surface area contributed by atoms with E-state index in [2.05, 4.69) is 14.7 Å². The zero-order valence-electron chi connectivity index (χ0n) is 9.66. The molecule has 0 aliphatic heterocycles. The molecular formula is C11H12N4O2S. The second-order valence-corrected chi connectivity index (χ2v) is 5.34. The Bertz CT molecular complexity index is 653. The van der Waals surface area contributed by atoms with Crippen LogP contribution in [0.4, 0.5) is 11.5 Å². The van der Waals surface area contributed by atoms with Crippen molar-refractivity contribution in [2.75, 3.05) is 10.5 Å². The second kappa shape index (κ2) is 4.61. The van der Waals surface area contributed by atoms with Crippen molar-refractivity contribution in [3.8, 4) is 0 Å². The van der Waals surface area contributed by atoms with Crippen molar-refractivity contribution in [1.29, 1.82) is 0 Å². The van der Waals surface area contributed by atoms with Gasteiger partial charge < -0.3 is 5.73 Å². The maximum absolute atomic E-state index is 12.0. The molecule has 2 aromatic rings. The van der Waals surface area contributed by atoms with E-state index in [1.807, 2.05) is 0 Å². The number of nitrogen functional groups attached to an aromatic ring is 1. The first-order valence-electron chi connectivity index (χ1n) is 5.15. The van der Waals surface area contributed by atoms with E-state index < -0.39 is 10.0 Å². The lowest BCUT2D eigenvalue weighted by molar-refractivity contribution is 0.601. The normalized spacial score (nSPS) is 11.2. The molecule has 0 atom stereocenters. The molecule has 0 bridgehead atoms. The topological polar surface area (TPSA) is 98.0 Å². The van der Waals surface area contributed by atoms with Crippen LogP contribution in [0, 0.1) is 6.92 Å². The summed E-state index contributed by atoms with van der Waals surface area (Å²) < 4.78 is 26.5. The third kappa shape index (κ3) is 2.57. The van der Waals surface area contributed by atoms with Gasteiger partial charge in [-0.15, -0.1) is 0 Å². The van der Waals surface area contributed by atoms with Crippen LogP contribution in [0.3, 0.4) is 0 Å². The number of aromatic nitrogens is 2. The zero-order valence-corrected chi connectivity index (χ0v) is 10.5. The van der Waals surface area contributed by atoms with Gasteiger partial charge in [-0.05, 0) is 31.2 Å². The van der Waals surface area contributed by atoms with Crippen LogP contribution >= 0.6 is 0 Å². The van der Waals surface area contributed by atoms with Crippen molar-refractivity contribution in [2.24, 2.45) is 0 Å². The molecule has 0 unspecified atom stereocenters. The number of aryl methyl sites for hydroxylation is 1. The van der Waals surface area contributed by atoms with Gasteiger partial charge in [-0.1, -0.05) is 0 Å². The SMILES string of the molecule is Cc1ncccc1NS(=O)(=O)c1ccc(N)nc1. The lowest BCUT2D eigenvalue weighted by Gasteiger charge is -2.09. The number of pyridine rings is 2. The van der Waals surface area contributed by atoms with Crippen molar-refractivity contribution >= 4 is 21.5 Å². The van der Waals surface area contributed by atoms with Crippen LogP contribution < -0.4 is 10.5 Å². The Morgan fingerprint density at radius 1 is 1.22 bits per heavy atom. The summed E-state index contributed by atoms with van der Waals surface area (Å²) in [5.74, 6) is 0.270. The van der Waals surface area contributed by atoms with Crippen LogP contribution in [-0.2, 0) is 10.0 Å². The lowest BCUT2D eigenvalue weighted by Crippen LogP contribution is -2.14. The van der Waals surface area contributed by atoms with Crippen molar-refractivity contribution in [3.63, 3.8) is 0 Å². The largest absolute Gasteiger partial charge is 0.384 e. The first-order chi connectivity index (χ1) is 8.49. The van der Waals surface area contributed by atoms with E-state index in [0.717, 1.165) is 0 Å². The number of nitrogens with one attached hydrogen (secondary N) is 1. The smallest absolute Gasteiger partial charge is 0.263 e. The van der Waals surface area contributed by atoms with Crippen LogP contribution in [0.15, 0.2) is 41.6 Å². The fourth-order valence-electron chi connectivity index (χ4n) is 1.35. The first kappa shape index (κ1) is 12.3. The van der Waals surface area contributed by atoms with Gasteiger partial charge in [0.15, 0.2) is 0 Å². The summed E-state index contributed by atoms with van der Waals surface area (Å²) in [6.45, 7) is 1.72. The zero-order chi connectivity index (χ0) is 13.2. The molecule has 0 radical (unpaired) electrons. The van der Waals surface area contributed by atoms with Crippen LogP contribution in [0.1, 0.15) is 5.69 Å². The van der Waals surface area contributed by atoms with Crippen LogP contribution in [0.2, 0.25) is 0 Å². The van der Waals surface area contributed by atoms with Gasteiger partial charge in [-0.25, -0.2) is 13.4 Å². The van der Waals surface area contributed by atoms with E-state index in [1.165, 1.54) is 18.3 Å². The minimum atomic E-state index is -3.66. The average molecular weight is 264 g/mol.